The Morgan fingerprint density at radius 1 is 1.22 bits per heavy atom. The first kappa shape index (κ1) is 23.6. The monoisotopic (exact) mass is 497 g/mol. The molecule has 7 nitrogen and oxygen atoms in total. The second-order valence-corrected chi connectivity index (χ2v) is 9.33. The van der Waals surface area contributed by atoms with E-state index in [9.17, 15) is 4.79 Å². The summed E-state index contributed by atoms with van der Waals surface area (Å²) in [5.74, 6) is 0.830. The first-order valence-electron chi connectivity index (χ1n) is 11.6. The summed E-state index contributed by atoms with van der Waals surface area (Å²) in [6.45, 7) is 0.598. The van der Waals surface area contributed by atoms with Gasteiger partial charge in [0.1, 0.15) is 17.3 Å². The largest absolute Gasteiger partial charge is 0.495 e. The molecule has 0 unspecified atom stereocenters. The Bertz CT molecular complexity index is 1620. The number of aryl methyl sites for hydroxylation is 1. The average molecular weight is 498 g/mol. The van der Waals surface area contributed by atoms with Gasteiger partial charge in [-0.15, -0.1) is 11.3 Å². The van der Waals surface area contributed by atoms with E-state index in [1.54, 1.807) is 24.6 Å². The van der Waals surface area contributed by atoms with Gasteiger partial charge >= 0.3 is 0 Å². The van der Waals surface area contributed by atoms with Crippen LogP contribution in [0, 0.1) is 0 Å². The number of amides is 1. The highest BCUT2D eigenvalue weighted by Crippen LogP contribution is 2.41. The van der Waals surface area contributed by atoms with E-state index in [-0.39, 0.29) is 5.91 Å². The van der Waals surface area contributed by atoms with Crippen molar-refractivity contribution in [2.24, 2.45) is 12.8 Å². The maximum absolute atomic E-state index is 13.1. The van der Waals surface area contributed by atoms with E-state index in [2.05, 4.69) is 15.7 Å². The molecule has 0 bridgehead atoms. The fourth-order valence-corrected chi connectivity index (χ4v) is 5.46. The van der Waals surface area contributed by atoms with Crippen molar-refractivity contribution in [2.45, 2.75) is 6.42 Å². The third-order valence-electron chi connectivity index (χ3n) is 6.23. The van der Waals surface area contributed by atoms with E-state index >= 15 is 0 Å². The molecule has 3 heterocycles. The van der Waals surface area contributed by atoms with Crippen molar-refractivity contribution < 1.29 is 9.53 Å². The summed E-state index contributed by atoms with van der Waals surface area (Å²) < 4.78 is 8.61. The molecule has 0 radical (unpaired) electrons. The minimum Gasteiger partial charge on any atom is -0.495 e. The predicted molar refractivity (Wildman–Crippen MR) is 150 cm³/mol. The Labute approximate surface area is 213 Å². The van der Waals surface area contributed by atoms with E-state index in [0.29, 0.717) is 29.5 Å². The second-order valence-electron chi connectivity index (χ2n) is 8.45. The number of para-hydroxylation sites is 1. The number of fused-ring (bicyclic) bond motifs is 2. The first-order chi connectivity index (χ1) is 17.5. The van der Waals surface area contributed by atoms with Crippen molar-refractivity contribution in [3.8, 4) is 16.9 Å². The Hall–Kier alpha value is -4.14. The molecular weight excluding hydrogens is 470 g/mol. The molecule has 5 N–H and O–H groups in total. The summed E-state index contributed by atoms with van der Waals surface area (Å²) in [5.41, 5.74) is 17.0. The topological polar surface area (TPSA) is 108 Å². The van der Waals surface area contributed by atoms with Crippen LogP contribution in [0.3, 0.4) is 0 Å². The number of nitrogens with zero attached hydrogens (tertiary/aromatic N) is 2. The van der Waals surface area contributed by atoms with Gasteiger partial charge in [0.05, 0.1) is 12.8 Å². The zero-order valence-corrected chi connectivity index (χ0v) is 20.9. The number of hydrogen-bond acceptors (Lipinski definition) is 6. The van der Waals surface area contributed by atoms with Gasteiger partial charge in [-0.05, 0) is 48.2 Å². The van der Waals surface area contributed by atoms with Crippen molar-refractivity contribution in [3.05, 3.63) is 77.4 Å². The Balaban J connectivity index is 1.48. The Morgan fingerprint density at radius 2 is 2.06 bits per heavy atom. The molecule has 8 heteroatoms. The Kier molecular flexibility index (Phi) is 6.45. The summed E-state index contributed by atoms with van der Waals surface area (Å²) in [4.78, 5) is 17.5. The van der Waals surface area contributed by atoms with Crippen LogP contribution in [-0.2, 0) is 7.05 Å². The van der Waals surface area contributed by atoms with Crippen LogP contribution >= 0.6 is 11.3 Å². The van der Waals surface area contributed by atoms with Gasteiger partial charge in [0.25, 0.3) is 5.91 Å². The van der Waals surface area contributed by atoms with Crippen molar-refractivity contribution in [3.63, 3.8) is 0 Å². The average Bonchev–Trinajstić information content (AvgIpc) is 3.49. The van der Waals surface area contributed by atoms with Crippen LogP contribution < -0.4 is 21.5 Å². The number of pyridine rings is 1. The lowest BCUT2D eigenvalue weighted by atomic mass is 10.0. The molecule has 0 aliphatic rings. The van der Waals surface area contributed by atoms with Gasteiger partial charge in [0.2, 0.25) is 0 Å². The van der Waals surface area contributed by atoms with Crippen LogP contribution in [0.1, 0.15) is 22.5 Å². The molecule has 3 aromatic heterocycles. The van der Waals surface area contributed by atoms with Gasteiger partial charge < -0.3 is 26.1 Å². The van der Waals surface area contributed by atoms with Gasteiger partial charge in [-0.3, -0.25) is 4.79 Å². The third-order valence-corrected chi connectivity index (χ3v) is 7.26. The Morgan fingerprint density at radius 3 is 2.83 bits per heavy atom. The van der Waals surface area contributed by atoms with Gasteiger partial charge in [-0.2, -0.15) is 0 Å². The molecule has 0 aliphatic heterocycles. The number of nitrogens with one attached hydrogen (secondary N) is 1. The molecule has 0 saturated carbocycles. The van der Waals surface area contributed by atoms with Gasteiger partial charge in [0, 0.05) is 45.4 Å². The lowest BCUT2D eigenvalue weighted by Gasteiger charge is -2.13. The lowest BCUT2D eigenvalue weighted by Crippen LogP contribution is -2.16. The number of benzene rings is 2. The molecule has 0 saturated heterocycles. The number of carbonyl (C=O) groups excluding carboxylic acids is 1. The first-order valence-corrected chi connectivity index (χ1v) is 12.5. The summed E-state index contributed by atoms with van der Waals surface area (Å²) in [5, 5.41) is 7.00. The molecule has 0 fully saturated rings. The number of aromatic nitrogens is 2. The number of ether oxygens (including phenoxy) is 1. The van der Waals surface area contributed by atoms with Crippen molar-refractivity contribution >= 4 is 55.8 Å². The van der Waals surface area contributed by atoms with E-state index < -0.39 is 0 Å². The normalized spacial score (nSPS) is 11.5. The quantitative estimate of drug-likeness (QED) is 0.269. The highest BCUT2D eigenvalue weighted by atomic mass is 32.1. The molecular formula is C28H27N5O2S. The van der Waals surface area contributed by atoms with E-state index in [0.717, 1.165) is 44.1 Å². The summed E-state index contributed by atoms with van der Waals surface area (Å²) in [7, 11) is 3.48. The van der Waals surface area contributed by atoms with Crippen LogP contribution in [0.4, 0.5) is 11.5 Å². The maximum Gasteiger partial charge on any atom is 0.272 e. The van der Waals surface area contributed by atoms with Crippen molar-refractivity contribution in [2.75, 3.05) is 24.7 Å². The third kappa shape index (κ3) is 4.21. The number of hydrogen-bond donors (Lipinski definition) is 3. The molecule has 0 atom stereocenters. The molecule has 1 amide bonds. The zero-order chi connectivity index (χ0) is 25.2. The van der Waals surface area contributed by atoms with Gasteiger partial charge in [-0.1, -0.05) is 36.4 Å². The van der Waals surface area contributed by atoms with Crippen molar-refractivity contribution in [1.82, 2.24) is 9.55 Å². The van der Waals surface area contributed by atoms with Crippen LogP contribution in [0.5, 0.6) is 5.75 Å². The predicted octanol–water partition coefficient (Wildman–Crippen LogP) is 5.66. The van der Waals surface area contributed by atoms with E-state index in [4.69, 9.17) is 16.2 Å². The fraction of sp³-hybridized carbons (Fsp3) is 0.143. The second kappa shape index (κ2) is 9.85. The highest BCUT2D eigenvalue weighted by molar-refractivity contribution is 7.18. The van der Waals surface area contributed by atoms with Crippen LogP contribution in [0.2, 0.25) is 0 Å². The standard InChI is InChI=1S/C28H27N5O2S/c1-33-22-9-4-3-7-18(22)13-23(33)28(34)32-21-11-10-17(14-24(21)35-2)20-16-36-26-19(8-5-6-12-29)15-31-27(30)25(20)26/h3-5,7-11,13-16H,6,12,29H2,1-2H3,(H2,30,31)(H,32,34). The number of rotatable bonds is 7. The molecule has 0 aliphatic carbocycles. The minimum atomic E-state index is -0.205. The lowest BCUT2D eigenvalue weighted by molar-refractivity contribution is 0.101. The number of anilines is 2. The summed E-state index contributed by atoms with van der Waals surface area (Å²) in [6, 6.07) is 15.5. The number of carbonyl (C=O) groups is 1. The number of nitrogen functional groups attached to an aromatic ring is 1. The van der Waals surface area contributed by atoms with Gasteiger partial charge in [0.15, 0.2) is 0 Å². The van der Waals surface area contributed by atoms with Gasteiger partial charge in [-0.25, -0.2) is 4.98 Å². The zero-order valence-electron chi connectivity index (χ0n) is 20.1. The molecule has 5 rings (SSSR count). The highest BCUT2D eigenvalue weighted by Gasteiger charge is 2.18. The molecule has 0 spiro atoms. The molecule has 2 aromatic carbocycles. The van der Waals surface area contributed by atoms with Crippen molar-refractivity contribution in [1.29, 1.82) is 0 Å². The van der Waals surface area contributed by atoms with Crippen LogP contribution in [0.25, 0.3) is 38.2 Å². The fourth-order valence-electron chi connectivity index (χ4n) is 4.38. The maximum atomic E-state index is 13.1. The van der Waals surface area contributed by atoms with Crippen LogP contribution in [0.15, 0.2) is 66.2 Å². The SMILES string of the molecule is COc1cc(-c2csc3c(C=CCCN)cnc(N)c23)ccc1NC(=O)c1cc2ccccc2n1C. The van der Waals surface area contributed by atoms with Crippen LogP contribution in [-0.4, -0.2) is 29.1 Å². The molecule has 182 valence electrons. The smallest absolute Gasteiger partial charge is 0.272 e. The minimum absolute atomic E-state index is 0.205. The van der Waals surface area contributed by atoms with E-state index in [1.165, 1.54) is 0 Å². The number of nitrogens with two attached hydrogens (primary N) is 2. The van der Waals surface area contributed by atoms with E-state index in [1.807, 2.05) is 72.3 Å². The number of methoxy groups -OCH3 is 1. The molecule has 5 aromatic rings. The summed E-state index contributed by atoms with van der Waals surface area (Å²) in [6.07, 6.45) is 6.67. The summed E-state index contributed by atoms with van der Waals surface area (Å²) >= 11 is 1.62. The molecule has 36 heavy (non-hydrogen) atoms. The number of thiophene rings is 1.